The highest BCUT2D eigenvalue weighted by Gasteiger charge is 2.09. The number of carbonyl (C=O) groups excluding carboxylic acids is 1. The third kappa shape index (κ3) is 4.43. The van der Waals surface area contributed by atoms with Crippen LogP contribution in [0.5, 0.6) is 0 Å². The van der Waals surface area contributed by atoms with Crippen LogP contribution in [-0.4, -0.2) is 10.2 Å². The van der Waals surface area contributed by atoms with Gasteiger partial charge in [-0.05, 0) is 11.1 Å². The number of hydrazine groups is 1. The normalized spacial score (nSPS) is 10.2. The van der Waals surface area contributed by atoms with Crippen LogP contribution in [0, 0.1) is 0 Å². The summed E-state index contributed by atoms with van der Waals surface area (Å²) < 4.78 is 0. The number of thiol groups is 1. The van der Waals surface area contributed by atoms with Crippen molar-refractivity contribution in [1.82, 2.24) is 10.4 Å². The van der Waals surface area contributed by atoms with E-state index in [2.05, 4.69) is 18.1 Å². The molecule has 0 aromatic heterocycles. The summed E-state index contributed by atoms with van der Waals surface area (Å²) in [5.74, 6) is 0. The average Bonchev–Trinajstić information content (AvgIpc) is 2.45. The van der Waals surface area contributed by atoms with E-state index in [0.29, 0.717) is 13.1 Å². The number of nitrogens with one attached hydrogen (secondary N) is 1. The van der Waals surface area contributed by atoms with Gasteiger partial charge in [-0.15, -0.1) is 0 Å². The summed E-state index contributed by atoms with van der Waals surface area (Å²) in [7, 11) is 0. The number of hydrogen-bond donors (Lipinski definition) is 2. The largest absolute Gasteiger partial charge is 0.293 e. The van der Waals surface area contributed by atoms with E-state index in [1.54, 1.807) is 0 Å². The van der Waals surface area contributed by atoms with E-state index >= 15 is 0 Å². The van der Waals surface area contributed by atoms with Crippen LogP contribution in [0.3, 0.4) is 0 Å². The minimum Gasteiger partial charge on any atom is -0.264 e. The van der Waals surface area contributed by atoms with Crippen molar-refractivity contribution in [2.24, 2.45) is 0 Å². The summed E-state index contributed by atoms with van der Waals surface area (Å²) in [5.41, 5.74) is 5.27. The molecule has 0 spiro atoms. The lowest BCUT2D eigenvalue weighted by Gasteiger charge is -2.21. The van der Waals surface area contributed by atoms with Crippen molar-refractivity contribution in [3.05, 3.63) is 71.8 Å². The van der Waals surface area contributed by atoms with Gasteiger partial charge in [-0.25, -0.2) is 5.43 Å². The fourth-order valence-corrected chi connectivity index (χ4v) is 1.88. The number of hydrogen-bond acceptors (Lipinski definition) is 2. The van der Waals surface area contributed by atoms with E-state index in [-0.39, 0.29) is 5.24 Å². The van der Waals surface area contributed by atoms with Gasteiger partial charge in [0.15, 0.2) is 0 Å². The summed E-state index contributed by atoms with van der Waals surface area (Å²) in [5, 5.41) is 1.21. The topological polar surface area (TPSA) is 32.3 Å². The standard InChI is InChI=1S/C15H16N2OS/c18-15(19)17(12-14-9-5-2-6-10-14)16-11-13-7-3-1-4-8-13/h1-10,16H,11-12H2,(H,18,19). The molecule has 4 heteroatoms. The van der Waals surface area contributed by atoms with Crippen LogP contribution in [0.1, 0.15) is 11.1 Å². The van der Waals surface area contributed by atoms with E-state index < -0.39 is 0 Å². The molecule has 19 heavy (non-hydrogen) atoms. The lowest BCUT2D eigenvalue weighted by Crippen LogP contribution is -2.38. The molecule has 0 bridgehead atoms. The summed E-state index contributed by atoms with van der Waals surface area (Å²) in [4.78, 5) is 11.5. The summed E-state index contributed by atoms with van der Waals surface area (Å²) in [6.07, 6.45) is 0. The molecule has 2 aromatic rings. The molecule has 0 saturated carbocycles. The van der Waals surface area contributed by atoms with Crippen molar-refractivity contribution in [3.8, 4) is 0 Å². The second kappa shape index (κ2) is 6.97. The molecule has 0 fully saturated rings. The molecule has 0 heterocycles. The molecule has 1 amide bonds. The third-order valence-corrected chi connectivity index (χ3v) is 2.97. The first-order valence-electron chi connectivity index (χ1n) is 6.07. The number of amides is 1. The second-order valence-electron chi connectivity index (χ2n) is 4.17. The van der Waals surface area contributed by atoms with Crippen LogP contribution >= 0.6 is 12.6 Å². The zero-order valence-electron chi connectivity index (χ0n) is 10.5. The molecule has 0 aliphatic heterocycles. The first-order chi connectivity index (χ1) is 9.25. The molecule has 0 radical (unpaired) electrons. The Bertz CT molecular complexity index is 516. The van der Waals surface area contributed by atoms with E-state index in [9.17, 15) is 4.79 Å². The maximum absolute atomic E-state index is 11.5. The number of nitrogens with zero attached hydrogens (tertiary/aromatic N) is 1. The fraction of sp³-hybridized carbons (Fsp3) is 0.133. The van der Waals surface area contributed by atoms with Gasteiger partial charge in [-0.1, -0.05) is 73.3 Å². The molecule has 0 aliphatic rings. The molecule has 2 rings (SSSR count). The first-order valence-corrected chi connectivity index (χ1v) is 6.52. The Balaban J connectivity index is 1.95. The van der Waals surface area contributed by atoms with Crippen molar-refractivity contribution in [2.45, 2.75) is 13.1 Å². The van der Waals surface area contributed by atoms with Gasteiger partial charge in [0.25, 0.3) is 5.24 Å². The van der Waals surface area contributed by atoms with Gasteiger partial charge in [-0.3, -0.25) is 9.80 Å². The zero-order valence-corrected chi connectivity index (χ0v) is 11.4. The van der Waals surface area contributed by atoms with Crippen molar-refractivity contribution in [1.29, 1.82) is 0 Å². The van der Waals surface area contributed by atoms with Gasteiger partial charge in [-0.2, -0.15) is 0 Å². The molecule has 98 valence electrons. The quantitative estimate of drug-likeness (QED) is 0.647. The molecule has 2 aromatic carbocycles. The van der Waals surface area contributed by atoms with Crippen molar-refractivity contribution >= 4 is 17.9 Å². The Labute approximate surface area is 118 Å². The van der Waals surface area contributed by atoms with E-state index in [0.717, 1.165) is 11.1 Å². The summed E-state index contributed by atoms with van der Waals surface area (Å²) >= 11 is 3.89. The Kier molecular flexibility index (Phi) is 5.01. The Hall–Kier alpha value is -1.78. The Morgan fingerprint density at radius 2 is 1.47 bits per heavy atom. The highest BCUT2D eigenvalue weighted by atomic mass is 32.1. The maximum Gasteiger partial charge on any atom is 0.293 e. The molecule has 0 saturated heterocycles. The average molecular weight is 272 g/mol. The van der Waals surface area contributed by atoms with Gasteiger partial charge in [0.1, 0.15) is 0 Å². The van der Waals surface area contributed by atoms with E-state index in [4.69, 9.17) is 0 Å². The summed E-state index contributed by atoms with van der Waals surface area (Å²) in [6.45, 7) is 1.09. The predicted molar refractivity (Wildman–Crippen MR) is 79.6 cm³/mol. The minimum atomic E-state index is -0.292. The van der Waals surface area contributed by atoms with Gasteiger partial charge in [0.05, 0.1) is 6.54 Å². The predicted octanol–water partition coefficient (Wildman–Crippen LogP) is 3.24. The van der Waals surface area contributed by atoms with Crippen LogP contribution < -0.4 is 5.43 Å². The monoisotopic (exact) mass is 272 g/mol. The van der Waals surface area contributed by atoms with Crippen molar-refractivity contribution < 1.29 is 4.79 Å². The summed E-state index contributed by atoms with van der Waals surface area (Å²) in [6, 6.07) is 19.8. The minimum absolute atomic E-state index is 0.292. The molecule has 0 atom stereocenters. The van der Waals surface area contributed by atoms with Crippen LogP contribution in [-0.2, 0) is 13.1 Å². The van der Waals surface area contributed by atoms with Crippen molar-refractivity contribution in [2.75, 3.05) is 0 Å². The highest BCUT2D eigenvalue weighted by Crippen LogP contribution is 2.06. The lowest BCUT2D eigenvalue weighted by molar-refractivity contribution is 0.189. The smallest absolute Gasteiger partial charge is 0.264 e. The third-order valence-electron chi connectivity index (χ3n) is 2.73. The SMILES string of the molecule is O=C(S)N(Cc1ccccc1)NCc1ccccc1. The van der Waals surface area contributed by atoms with Crippen LogP contribution in [0.25, 0.3) is 0 Å². The van der Waals surface area contributed by atoms with E-state index in [1.165, 1.54) is 5.01 Å². The van der Waals surface area contributed by atoms with Gasteiger partial charge in [0, 0.05) is 6.54 Å². The first kappa shape index (κ1) is 13.6. The van der Waals surface area contributed by atoms with Crippen LogP contribution in [0.2, 0.25) is 0 Å². The van der Waals surface area contributed by atoms with Crippen LogP contribution in [0.4, 0.5) is 4.79 Å². The Morgan fingerprint density at radius 1 is 0.947 bits per heavy atom. The highest BCUT2D eigenvalue weighted by molar-refractivity contribution is 7.96. The molecule has 0 aliphatic carbocycles. The van der Waals surface area contributed by atoms with Gasteiger partial charge < -0.3 is 0 Å². The second-order valence-corrected chi connectivity index (χ2v) is 4.56. The van der Waals surface area contributed by atoms with Crippen molar-refractivity contribution in [3.63, 3.8) is 0 Å². The molecule has 3 nitrogen and oxygen atoms in total. The molecular formula is C15H16N2OS. The number of carbonyl (C=O) groups is 1. The van der Waals surface area contributed by atoms with Gasteiger partial charge >= 0.3 is 0 Å². The van der Waals surface area contributed by atoms with E-state index in [1.807, 2.05) is 60.7 Å². The maximum atomic E-state index is 11.5. The lowest BCUT2D eigenvalue weighted by atomic mass is 10.2. The molecule has 1 N–H and O–H groups in total. The van der Waals surface area contributed by atoms with Gasteiger partial charge in [0.2, 0.25) is 0 Å². The number of benzene rings is 2. The Morgan fingerprint density at radius 3 is 2.00 bits per heavy atom. The van der Waals surface area contributed by atoms with Crippen LogP contribution in [0.15, 0.2) is 60.7 Å². The zero-order chi connectivity index (χ0) is 13.5. The molecule has 0 unspecified atom stereocenters. The fourth-order valence-electron chi connectivity index (χ4n) is 1.74. The number of rotatable bonds is 5. The molecular weight excluding hydrogens is 256 g/mol.